The number of phosphoric ester groups is 1. The fourth-order valence-electron chi connectivity index (χ4n) is 11.2. The van der Waals surface area contributed by atoms with Crippen molar-refractivity contribution in [2.45, 2.75) is 392 Å². The molecule has 0 saturated carbocycles. The molecule has 0 rings (SSSR count). The summed E-state index contributed by atoms with van der Waals surface area (Å²) in [5.74, 6) is -0.167. The number of likely N-dealkylation sites (N-methyl/N-ethyl adjacent to an activating group) is 1. The van der Waals surface area contributed by atoms with E-state index in [0.717, 1.165) is 32.1 Å². The lowest BCUT2D eigenvalue weighted by Crippen LogP contribution is -2.45. The molecule has 0 aromatic carbocycles. The molecule has 0 aliphatic rings. The van der Waals surface area contributed by atoms with Crippen molar-refractivity contribution < 1.29 is 32.9 Å². The molecule has 0 aromatic rings. The number of phosphoric acid groups is 1. The highest BCUT2D eigenvalue weighted by Gasteiger charge is 2.28. The number of unbranched alkanes of at least 4 members (excludes halogenated alkanes) is 54. The van der Waals surface area contributed by atoms with E-state index in [-0.39, 0.29) is 19.1 Å². The van der Waals surface area contributed by atoms with Gasteiger partial charge in [-0.25, -0.2) is 4.57 Å². The molecule has 0 aliphatic heterocycles. The molecule has 9 heteroatoms. The molecule has 3 N–H and O–H groups in total. The molecule has 0 heterocycles. The van der Waals surface area contributed by atoms with Gasteiger partial charge in [0.2, 0.25) is 5.91 Å². The minimum Gasteiger partial charge on any atom is -0.387 e. The Morgan fingerprint density at radius 1 is 0.418 bits per heavy atom. The molecule has 0 spiro atoms. The molecule has 0 aliphatic carbocycles. The van der Waals surface area contributed by atoms with Gasteiger partial charge in [0.15, 0.2) is 0 Å². The maximum absolute atomic E-state index is 13.0. The topological polar surface area (TPSA) is 105 Å². The van der Waals surface area contributed by atoms with Gasteiger partial charge in [0, 0.05) is 6.42 Å². The van der Waals surface area contributed by atoms with Crippen LogP contribution in [-0.2, 0) is 18.4 Å². The summed E-state index contributed by atoms with van der Waals surface area (Å²) in [4.78, 5) is 23.4. The Kier molecular flexibility index (Phi) is 61.2. The van der Waals surface area contributed by atoms with Gasteiger partial charge in [0.25, 0.3) is 0 Å². The summed E-state index contributed by atoms with van der Waals surface area (Å²) in [7, 11) is 1.60. The van der Waals surface area contributed by atoms with E-state index in [4.69, 9.17) is 9.05 Å². The first-order valence-corrected chi connectivity index (χ1v) is 37.1. The van der Waals surface area contributed by atoms with Crippen LogP contribution in [-0.4, -0.2) is 73.4 Å². The maximum atomic E-state index is 13.0. The Labute approximate surface area is 494 Å². The van der Waals surface area contributed by atoms with E-state index in [9.17, 15) is 19.4 Å². The number of nitrogens with zero attached hydrogens (tertiary/aromatic N) is 1. The van der Waals surface area contributed by atoms with Crippen molar-refractivity contribution in [2.75, 3.05) is 40.9 Å². The highest BCUT2D eigenvalue weighted by molar-refractivity contribution is 7.47. The minimum atomic E-state index is -4.35. The van der Waals surface area contributed by atoms with Crippen LogP contribution >= 0.6 is 7.82 Å². The van der Waals surface area contributed by atoms with Gasteiger partial charge in [-0.2, -0.15) is 0 Å². The standard InChI is InChI=1S/C70H141N2O6P/c1-6-8-10-12-14-16-18-20-22-24-26-28-29-30-31-32-33-34-35-36-37-38-39-40-41-42-43-44-46-48-50-52-54-56-58-60-62-64-70(74)71-68(67-78-79(75,76)77-66-65-72(3,4)5)69(73)63-61-59-57-55-53-51-49-47-45-27-25-23-21-19-17-15-13-11-9-7-2/h61,63,68-69,73H,6-60,62,64-67H2,1-5H3,(H-,71,74,75,76)/p+1/b63-61+. The van der Waals surface area contributed by atoms with Crippen LogP contribution in [0.4, 0.5) is 0 Å². The predicted octanol–water partition coefficient (Wildman–Crippen LogP) is 22.5. The number of carbonyl (C=O) groups excluding carboxylic acids is 1. The minimum absolute atomic E-state index is 0.0654. The quantitative estimate of drug-likeness (QED) is 0.0243. The van der Waals surface area contributed by atoms with Crippen molar-refractivity contribution >= 4 is 13.7 Å². The molecule has 1 amide bonds. The number of aliphatic hydroxyl groups excluding tert-OH is 1. The maximum Gasteiger partial charge on any atom is 0.472 e. The monoisotopic (exact) mass is 1140 g/mol. The van der Waals surface area contributed by atoms with Crippen LogP contribution in [0.25, 0.3) is 0 Å². The molecule has 3 unspecified atom stereocenters. The number of aliphatic hydroxyl groups is 1. The largest absolute Gasteiger partial charge is 0.472 e. The van der Waals surface area contributed by atoms with E-state index in [1.54, 1.807) is 6.08 Å². The number of carbonyl (C=O) groups is 1. The lowest BCUT2D eigenvalue weighted by atomic mass is 10.0. The second kappa shape index (κ2) is 61.8. The van der Waals surface area contributed by atoms with Crippen molar-refractivity contribution in [3.05, 3.63) is 12.2 Å². The molecule has 8 nitrogen and oxygen atoms in total. The van der Waals surface area contributed by atoms with Gasteiger partial charge in [0.1, 0.15) is 13.2 Å². The second-order valence-corrected chi connectivity index (χ2v) is 27.4. The van der Waals surface area contributed by atoms with E-state index in [2.05, 4.69) is 19.2 Å². The number of allylic oxidation sites excluding steroid dienone is 1. The molecule has 79 heavy (non-hydrogen) atoms. The zero-order valence-corrected chi connectivity index (χ0v) is 55.1. The van der Waals surface area contributed by atoms with Gasteiger partial charge in [-0.15, -0.1) is 0 Å². The van der Waals surface area contributed by atoms with Gasteiger partial charge >= 0.3 is 7.82 Å². The van der Waals surface area contributed by atoms with Gasteiger partial charge < -0.3 is 19.8 Å². The third-order valence-corrected chi connectivity index (χ3v) is 17.7. The summed E-state index contributed by atoms with van der Waals surface area (Å²) in [6.07, 6.45) is 79.5. The first-order valence-electron chi connectivity index (χ1n) is 35.6. The molecule has 0 bridgehead atoms. The Morgan fingerprint density at radius 3 is 0.937 bits per heavy atom. The number of amides is 1. The van der Waals surface area contributed by atoms with Gasteiger partial charge in [-0.3, -0.25) is 13.8 Å². The van der Waals surface area contributed by atoms with Crippen molar-refractivity contribution in [1.29, 1.82) is 0 Å². The number of hydrogen-bond donors (Lipinski definition) is 3. The summed E-state index contributed by atoms with van der Waals surface area (Å²) < 4.78 is 23.8. The lowest BCUT2D eigenvalue weighted by molar-refractivity contribution is -0.870. The number of rotatable bonds is 67. The molecule has 0 radical (unpaired) electrons. The van der Waals surface area contributed by atoms with Crippen LogP contribution in [0.5, 0.6) is 0 Å². The van der Waals surface area contributed by atoms with Crippen molar-refractivity contribution in [2.24, 2.45) is 0 Å². The van der Waals surface area contributed by atoms with Gasteiger partial charge in [-0.1, -0.05) is 366 Å². The fraction of sp³-hybridized carbons (Fsp3) is 0.957. The van der Waals surface area contributed by atoms with E-state index in [1.807, 2.05) is 27.2 Å². The molecule has 472 valence electrons. The summed E-state index contributed by atoms with van der Waals surface area (Å²) in [6.45, 7) is 4.88. The first kappa shape index (κ1) is 78.2. The molecule has 0 fully saturated rings. The molecule has 0 saturated heterocycles. The summed E-state index contributed by atoms with van der Waals surface area (Å²) in [6, 6.07) is -0.843. The first-order chi connectivity index (χ1) is 38.5. The Balaban J connectivity index is 3.92. The normalized spacial score (nSPS) is 13.7. The molecule has 3 atom stereocenters. The van der Waals surface area contributed by atoms with E-state index >= 15 is 0 Å². The summed E-state index contributed by atoms with van der Waals surface area (Å²) in [5.41, 5.74) is 0. The highest BCUT2D eigenvalue weighted by atomic mass is 31.2. The average Bonchev–Trinajstić information content (AvgIpc) is 3.42. The number of nitrogens with one attached hydrogen (secondary N) is 1. The number of quaternary nitrogens is 1. The average molecular weight is 1140 g/mol. The van der Waals surface area contributed by atoms with Crippen molar-refractivity contribution in [1.82, 2.24) is 5.32 Å². The van der Waals surface area contributed by atoms with Crippen molar-refractivity contribution in [3.63, 3.8) is 0 Å². The lowest BCUT2D eigenvalue weighted by Gasteiger charge is -2.25. The van der Waals surface area contributed by atoms with E-state index in [0.29, 0.717) is 17.4 Å². The van der Waals surface area contributed by atoms with Crippen LogP contribution in [0.1, 0.15) is 380 Å². The summed E-state index contributed by atoms with van der Waals surface area (Å²) in [5, 5.41) is 14.0. The zero-order valence-electron chi connectivity index (χ0n) is 54.2. The fourth-order valence-corrected chi connectivity index (χ4v) is 12.0. The molecular formula is C70H142N2O6P+. The third-order valence-electron chi connectivity index (χ3n) is 16.8. The van der Waals surface area contributed by atoms with Crippen LogP contribution < -0.4 is 5.32 Å². The summed E-state index contributed by atoms with van der Waals surface area (Å²) >= 11 is 0. The van der Waals surface area contributed by atoms with Crippen LogP contribution in [0.3, 0.4) is 0 Å². The van der Waals surface area contributed by atoms with Crippen LogP contribution in [0, 0.1) is 0 Å². The van der Waals surface area contributed by atoms with Gasteiger partial charge in [0.05, 0.1) is 39.9 Å². The Morgan fingerprint density at radius 2 is 0.671 bits per heavy atom. The third kappa shape index (κ3) is 64.7. The van der Waals surface area contributed by atoms with Crippen LogP contribution in [0.2, 0.25) is 0 Å². The van der Waals surface area contributed by atoms with Gasteiger partial charge in [-0.05, 0) is 19.3 Å². The number of hydrogen-bond acceptors (Lipinski definition) is 5. The second-order valence-electron chi connectivity index (χ2n) is 26.0. The Bertz CT molecular complexity index is 1290. The smallest absolute Gasteiger partial charge is 0.387 e. The van der Waals surface area contributed by atoms with Crippen molar-refractivity contribution in [3.8, 4) is 0 Å². The van der Waals surface area contributed by atoms with E-state index < -0.39 is 20.0 Å². The predicted molar refractivity (Wildman–Crippen MR) is 346 cm³/mol. The highest BCUT2D eigenvalue weighted by Crippen LogP contribution is 2.43. The SMILES string of the molecule is CCCCCCCCCCCCCCCCCCCC/C=C/C(O)C(COP(=O)(O)OCC[N+](C)(C)C)NC(=O)CCCCCCCCCCCCCCCCCCCCCCCCCCCCCCCCCCCCCCC. The zero-order chi connectivity index (χ0) is 57.7. The van der Waals surface area contributed by atoms with Crippen LogP contribution in [0.15, 0.2) is 12.2 Å². The van der Waals surface area contributed by atoms with E-state index in [1.165, 1.54) is 327 Å². The molecular weight excluding hydrogens is 996 g/mol. The molecule has 0 aromatic heterocycles. The Hall–Kier alpha value is -0.760.